The Hall–Kier alpha value is -0.0400. The van der Waals surface area contributed by atoms with Crippen LogP contribution in [0.15, 0.2) is 0 Å². The summed E-state index contributed by atoms with van der Waals surface area (Å²) >= 11 is 5.40. The first-order valence-corrected chi connectivity index (χ1v) is 3.19. The van der Waals surface area contributed by atoms with Gasteiger partial charge in [0.05, 0.1) is 0 Å². The van der Waals surface area contributed by atoms with Crippen molar-refractivity contribution in [3.05, 3.63) is 0 Å². The van der Waals surface area contributed by atoms with Gasteiger partial charge in [-0.2, -0.15) is 0 Å². The van der Waals surface area contributed by atoms with Gasteiger partial charge in [-0.15, -0.1) is 11.6 Å². The normalized spacial score (nSPS) is 14.0. The van der Waals surface area contributed by atoms with Crippen molar-refractivity contribution in [2.45, 2.75) is 13.8 Å². The third-order valence-electron chi connectivity index (χ3n) is 1.12. The molecule has 0 aliphatic heterocycles. The topological polar surface area (TPSA) is 17.1 Å². The summed E-state index contributed by atoms with van der Waals surface area (Å²) in [5.74, 6) is 0.628. The lowest BCUT2D eigenvalue weighted by Gasteiger charge is -2.06. The summed E-state index contributed by atoms with van der Waals surface area (Å²) in [4.78, 5) is 9.97. The van der Waals surface area contributed by atoms with E-state index in [0.717, 1.165) is 0 Å². The molecule has 0 aliphatic carbocycles. The third-order valence-corrected chi connectivity index (χ3v) is 1.45. The molecule has 0 aromatic heterocycles. The molecule has 0 fully saturated rings. The van der Waals surface area contributed by atoms with Crippen LogP contribution >= 0.6 is 11.6 Å². The average Bonchev–Trinajstić information content (AvgIpc) is 1.69. The minimum Gasteiger partial charge on any atom is -0.291 e. The van der Waals surface area contributed by atoms with Crippen molar-refractivity contribution in [2.75, 3.05) is 5.88 Å². The maximum Gasteiger partial charge on any atom is 0.203 e. The highest BCUT2D eigenvalue weighted by atomic mass is 35.5. The highest BCUT2D eigenvalue weighted by molar-refractivity contribution is 6.18. The predicted octanol–water partition coefficient (Wildman–Crippen LogP) is 1.61. The lowest BCUT2D eigenvalue weighted by Crippen LogP contribution is -2.10. The van der Waals surface area contributed by atoms with Crippen LogP contribution in [0.3, 0.4) is 0 Å². The van der Waals surface area contributed by atoms with Crippen molar-refractivity contribution >= 4 is 17.9 Å². The number of rotatable bonds is 3. The Morgan fingerprint density at radius 2 is 2.12 bits per heavy atom. The van der Waals surface area contributed by atoms with Gasteiger partial charge in [0.15, 0.2) is 0 Å². The minimum atomic E-state index is -0.0864. The molecule has 1 atom stereocenters. The van der Waals surface area contributed by atoms with Gasteiger partial charge in [0, 0.05) is 11.8 Å². The highest BCUT2D eigenvalue weighted by Gasteiger charge is 2.10. The van der Waals surface area contributed by atoms with E-state index in [0.29, 0.717) is 11.8 Å². The molecule has 1 radical (unpaired) electrons. The minimum absolute atomic E-state index is 0.0864. The second-order valence-corrected chi connectivity index (χ2v) is 2.43. The first-order valence-electron chi connectivity index (χ1n) is 2.66. The monoisotopic (exact) mass is 133 g/mol. The molecule has 2 heteroatoms. The molecule has 1 unspecified atom stereocenters. The van der Waals surface area contributed by atoms with Gasteiger partial charge in [-0.25, -0.2) is 0 Å². The van der Waals surface area contributed by atoms with Crippen LogP contribution in [0.25, 0.3) is 0 Å². The molecule has 0 saturated heterocycles. The summed E-state index contributed by atoms with van der Waals surface area (Å²) in [6.07, 6.45) is 1.87. The van der Waals surface area contributed by atoms with E-state index in [2.05, 4.69) is 0 Å². The van der Waals surface area contributed by atoms with Gasteiger partial charge in [0.1, 0.15) is 0 Å². The fraction of sp³-hybridized carbons (Fsp3) is 0.833. The molecule has 8 heavy (non-hydrogen) atoms. The molecule has 1 nitrogen and oxygen atoms in total. The Balaban J connectivity index is 3.51. The van der Waals surface area contributed by atoms with E-state index < -0.39 is 0 Å². The number of halogens is 1. The van der Waals surface area contributed by atoms with E-state index in [9.17, 15) is 4.79 Å². The number of hydrogen-bond donors (Lipinski definition) is 0. The van der Waals surface area contributed by atoms with Gasteiger partial charge in [0.25, 0.3) is 0 Å². The molecule has 0 N–H and O–H groups in total. The molecule has 0 amide bonds. The maximum atomic E-state index is 9.97. The van der Waals surface area contributed by atoms with Crippen molar-refractivity contribution < 1.29 is 4.79 Å². The van der Waals surface area contributed by atoms with E-state index in [1.807, 2.05) is 20.1 Å². The van der Waals surface area contributed by atoms with E-state index in [1.54, 1.807) is 0 Å². The average molecular weight is 134 g/mol. The fourth-order valence-corrected chi connectivity index (χ4v) is 0.765. The van der Waals surface area contributed by atoms with Crippen LogP contribution in [-0.2, 0) is 4.79 Å². The molecular formula is C6H10ClO. The first-order chi connectivity index (χ1) is 3.72. The van der Waals surface area contributed by atoms with E-state index in [1.165, 1.54) is 0 Å². The van der Waals surface area contributed by atoms with E-state index in [-0.39, 0.29) is 5.92 Å². The summed E-state index contributed by atoms with van der Waals surface area (Å²) in [6, 6.07) is 0. The Bertz CT molecular complexity index is 70.9. The van der Waals surface area contributed by atoms with Crippen molar-refractivity contribution in [3.63, 3.8) is 0 Å². The van der Waals surface area contributed by atoms with Crippen molar-refractivity contribution in [1.29, 1.82) is 0 Å². The van der Waals surface area contributed by atoms with Crippen molar-refractivity contribution in [1.82, 2.24) is 0 Å². The number of alkyl halides is 1. The van der Waals surface area contributed by atoms with Crippen molar-refractivity contribution in [3.8, 4) is 0 Å². The van der Waals surface area contributed by atoms with E-state index >= 15 is 0 Å². The molecule has 0 aromatic carbocycles. The Labute approximate surface area is 55.0 Å². The van der Waals surface area contributed by atoms with Gasteiger partial charge in [-0.05, 0) is 5.92 Å². The molecule has 0 bridgehead atoms. The molecule has 47 valence electrons. The summed E-state index contributed by atoms with van der Waals surface area (Å²) in [6.45, 7) is 3.91. The molecule has 0 saturated carbocycles. The Kier molecular flexibility index (Phi) is 3.88. The van der Waals surface area contributed by atoms with Gasteiger partial charge < -0.3 is 0 Å². The summed E-state index contributed by atoms with van der Waals surface area (Å²) in [5, 5.41) is 0. The molecule has 0 aliphatic rings. The maximum absolute atomic E-state index is 9.97. The summed E-state index contributed by atoms with van der Waals surface area (Å²) in [7, 11) is 0. The second kappa shape index (κ2) is 3.90. The second-order valence-electron chi connectivity index (χ2n) is 2.12. The fourth-order valence-electron chi connectivity index (χ4n) is 0.346. The zero-order chi connectivity index (χ0) is 6.57. The predicted molar refractivity (Wildman–Crippen MR) is 34.7 cm³/mol. The lowest BCUT2D eigenvalue weighted by atomic mass is 10.0. The zero-order valence-electron chi connectivity index (χ0n) is 5.15. The summed E-state index contributed by atoms with van der Waals surface area (Å²) < 4.78 is 0. The smallest absolute Gasteiger partial charge is 0.203 e. The van der Waals surface area contributed by atoms with Crippen LogP contribution in [0, 0.1) is 11.8 Å². The third kappa shape index (κ3) is 2.31. The molecule has 0 heterocycles. The van der Waals surface area contributed by atoms with Crippen LogP contribution in [0.1, 0.15) is 13.8 Å². The Morgan fingerprint density at radius 1 is 1.62 bits per heavy atom. The van der Waals surface area contributed by atoms with Gasteiger partial charge >= 0.3 is 0 Å². The SMILES string of the molecule is CC(C)C([C]=O)CCl. The van der Waals surface area contributed by atoms with E-state index in [4.69, 9.17) is 11.6 Å². The number of hydrogen-bond acceptors (Lipinski definition) is 1. The van der Waals surface area contributed by atoms with Crippen molar-refractivity contribution in [2.24, 2.45) is 11.8 Å². The molecule has 0 rings (SSSR count). The summed E-state index contributed by atoms with van der Waals surface area (Å²) in [5.41, 5.74) is 0. The number of carbonyl (C=O) groups excluding carboxylic acids is 1. The van der Waals surface area contributed by atoms with Gasteiger partial charge in [0.2, 0.25) is 6.29 Å². The quantitative estimate of drug-likeness (QED) is 0.535. The van der Waals surface area contributed by atoms with Gasteiger partial charge in [-0.3, -0.25) is 4.79 Å². The lowest BCUT2D eigenvalue weighted by molar-refractivity contribution is 0.474. The van der Waals surface area contributed by atoms with Crippen LogP contribution in [0.2, 0.25) is 0 Å². The molecular weight excluding hydrogens is 124 g/mol. The largest absolute Gasteiger partial charge is 0.291 e. The van der Waals surface area contributed by atoms with Crippen LogP contribution in [0.4, 0.5) is 0 Å². The Morgan fingerprint density at radius 3 is 2.12 bits per heavy atom. The first kappa shape index (κ1) is 7.96. The van der Waals surface area contributed by atoms with Crippen LogP contribution in [-0.4, -0.2) is 12.2 Å². The zero-order valence-corrected chi connectivity index (χ0v) is 5.90. The highest BCUT2D eigenvalue weighted by Crippen LogP contribution is 2.08. The van der Waals surface area contributed by atoms with Gasteiger partial charge in [-0.1, -0.05) is 13.8 Å². The van der Waals surface area contributed by atoms with Crippen LogP contribution < -0.4 is 0 Å². The standard InChI is InChI=1S/C6H10ClO/c1-5(2)6(3-7)4-8/h5-6H,3H2,1-2H3. The molecule has 0 spiro atoms. The molecule has 0 aromatic rings. The van der Waals surface area contributed by atoms with Crippen LogP contribution in [0.5, 0.6) is 0 Å².